The number of aromatic amines is 1. The Labute approximate surface area is 483 Å². The van der Waals surface area contributed by atoms with Gasteiger partial charge in [0.2, 0.25) is 23.6 Å². The number of thioether (sulfide) groups is 1. The van der Waals surface area contributed by atoms with Gasteiger partial charge in [0.25, 0.3) is 0 Å². The minimum Gasteiger partial charge on any atom is -0.370 e. The lowest BCUT2D eigenvalue weighted by atomic mass is 9.84. The highest BCUT2D eigenvalue weighted by molar-refractivity contribution is 7.98. The molecule has 0 aliphatic carbocycles. The number of aliphatic imine (C=N–C) groups is 2. The number of nitrogens with two attached hydrogens (primary N) is 6. The summed E-state index contributed by atoms with van der Waals surface area (Å²) in [6.45, 7) is 10.3. The molecule has 0 aliphatic rings. The number of primary amides is 1. The van der Waals surface area contributed by atoms with E-state index < -0.39 is 77.0 Å². The van der Waals surface area contributed by atoms with Gasteiger partial charge in [0, 0.05) is 91.9 Å². The summed E-state index contributed by atoms with van der Waals surface area (Å²) in [7, 11) is 0. The lowest BCUT2D eigenvalue weighted by Gasteiger charge is -2.27. The Kier molecular flexibility index (Phi) is 31.1. The fraction of sp³-hybridized carbons (Fsp3) is 0.600. The van der Waals surface area contributed by atoms with Crippen molar-refractivity contribution in [1.29, 1.82) is 0 Å². The van der Waals surface area contributed by atoms with Crippen molar-refractivity contribution in [3.05, 3.63) is 71.9 Å². The molecule has 0 unspecified atom stereocenters. The van der Waals surface area contributed by atoms with Gasteiger partial charge in [0.1, 0.15) is 5.78 Å². The fourth-order valence-corrected chi connectivity index (χ4v) is 10.6. The summed E-state index contributed by atoms with van der Waals surface area (Å²) in [5.41, 5.74) is 36.2. The van der Waals surface area contributed by atoms with Crippen molar-refractivity contribution in [3.63, 3.8) is 0 Å². The van der Waals surface area contributed by atoms with Crippen molar-refractivity contribution < 1.29 is 38.4 Å². The molecular formula is C60H94N12O8S. The van der Waals surface area contributed by atoms with Crippen LogP contribution in [0.1, 0.15) is 136 Å². The molecule has 16 N–H and O–H groups in total. The van der Waals surface area contributed by atoms with Gasteiger partial charge in [-0.1, -0.05) is 96.0 Å². The molecule has 81 heavy (non-hydrogen) atoms. The van der Waals surface area contributed by atoms with Crippen LogP contribution in [0.4, 0.5) is 0 Å². The lowest BCUT2D eigenvalue weighted by molar-refractivity contribution is -0.136. The number of unbranched alkanes of at least 4 members (excludes halogenated alkanes) is 1. The number of nitrogens with zero attached hydrogens (tertiary/aromatic N) is 2. The smallest absolute Gasteiger partial charge is 0.224 e. The minimum absolute atomic E-state index is 0.0329. The van der Waals surface area contributed by atoms with Crippen LogP contribution >= 0.6 is 11.8 Å². The summed E-state index contributed by atoms with van der Waals surface area (Å²) in [4.78, 5) is 125. The highest BCUT2D eigenvalue weighted by Gasteiger charge is 2.36. The number of rotatable bonds is 42. The molecule has 21 heteroatoms. The molecule has 0 bridgehead atoms. The van der Waals surface area contributed by atoms with Gasteiger partial charge in [-0.2, -0.15) is 11.8 Å². The number of H-pyrrole nitrogens is 1. The molecule has 0 spiro atoms. The predicted octanol–water partition coefficient (Wildman–Crippen LogP) is 4.91. The van der Waals surface area contributed by atoms with E-state index in [0.717, 1.165) is 22.0 Å². The van der Waals surface area contributed by atoms with E-state index in [-0.39, 0.29) is 106 Å². The predicted molar refractivity (Wildman–Crippen MR) is 323 cm³/mol. The average Bonchev–Trinajstić information content (AvgIpc) is 3.84. The standard InChI is InChI=1S/C60H94N12O8S/c1-7-38(4)46(55(62)77)35-54(76)49(30-40-18-9-8-10-19-40)71-57(79)42(24-28-81-6)33-53(75)50(31-44-36-69-47-22-12-11-21-45(44)47)72-56(78)41(20-13-14-25-61)32-52(74)48(23-16-27-68-60(65)66)70-58(80)43(29-37(2)3)34-51(73)39(5)17-15-26-67-59(63)64/h8-12,18-19,21-22,36-39,41-43,46,48-50,69H,7,13-17,20,23-35,61H2,1-6H3,(H2,62,77)(H,70,80)(H,71,79)(H,72,78)(H4,63,64,67)(H4,65,66,68)/t38-,39-,41+,42+,43+,46-,48-,49-,50-/m0/s1. The van der Waals surface area contributed by atoms with Crippen LogP contribution in [0.3, 0.4) is 0 Å². The summed E-state index contributed by atoms with van der Waals surface area (Å²) in [6, 6.07) is 13.5. The van der Waals surface area contributed by atoms with Gasteiger partial charge in [0.15, 0.2) is 29.3 Å². The minimum atomic E-state index is -1.17. The summed E-state index contributed by atoms with van der Waals surface area (Å²) < 4.78 is 0. The number of ketones is 4. The second-order valence-electron chi connectivity index (χ2n) is 22.1. The molecule has 20 nitrogen and oxygen atoms in total. The molecule has 4 amide bonds. The van der Waals surface area contributed by atoms with Crippen LogP contribution < -0.4 is 50.4 Å². The Morgan fingerprint density at radius 2 is 1.12 bits per heavy atom. The fourth-order valence-electron chi connectivity index (χ4n) is 10.1. The number of carbonyl (C=O) groups excluding carboxylic acids is 8. The van der Waals surface area contributed by atoms with E-state index in [4.69, 9.17) is 34.4 Å². The SMILES string of the molecule is CC[C@H](C)[C@H](CC(=O)[C@H](Cc1ccccc1)NC(=O)[C@H](CCSC)CC(=O)[C@H](Cc1c[nH]c2ccccc12)NC(=O)[C@H](CCCCN)CC(=O)[C@H](CCCN=C(N)N)NC(=O)[C@@H](CC(=O)[C@@H](C)CCCN=C(N)N)CC(C)C)C(N)=O. The Balaban J connectivity index is 2.01. The van der Waals surface area contributed by atoms with Crippen molar-refractivity contribution >= 4 is 81.3 Å². The zero-order valence-electron chi connectivity index (χ0n) is 48.7. The molecule has 0 radical (unpaired) electrons. The number of aromatic nitrogens is 1. The van der Waals surface area contributed by atoms with Gasteiger partial charge in [-0.25, -0.2) is 0 Å². The van der Waals surface area contributed by atoms with E-state index >= 15 is 4.79 Å². The number of amides is 4. The number of hydrogen-bond donors (Lipinski definition) is 10. The van der Waals surface area contributed by atoms with Crippen LogP contribution in [0.5, 0.6) is 0 Å². The van der Waals surface area contributed by atoms with Crippen LogP contribution in [-0.2, 0) is 51.2 Å². The molecule has 0 saturated carbocycles. The maximum Gasteiger partial charge on any atom is 0.224 e. The molecule has 3 aromatic rings. The number of guanidine groups is 2. The highest BCUT2D eigenvalue weighted by Crippen LogP contribution is 2.26. The first-order valence-corrected chi connectivity index (χ1v) is 30.2. The molecule has 2 aromatic carbocycles. The van der Waals surface area contributed by atoms with Crippen LogP contribution in [0.25, 0.3) is 10.9 Å². The van der Waals surface area contributed by atoms with E-state index in [1.54, 1.807) is 13.1 Å². The molecule has 448 valence electrons. The number of para-hydroxylation sites is 1. The summed E-state index contributed by atoms with van der Waals surface area (Å²) in [6.07, 6.45) is 7.10. The quantitative estimate of drug-likeness (QED) is 0.0205. The van der Waals surface area contributed by atoms with E-state index in [2.05, 4.69) is 30.9 Å². The maximum atomic E-state index is 15.0. The molecule has 0 saturated heterocycles. The van der Waals surface area contributed by atoms with Crippen molar-refractivity contribution in [2.45, 2.75) is 155 Å². The average molecular weight is 1140 g/mol. The van der Waals surface area contributed by atoms with Crippen molar-refractivity contribution in [2.75, 3.05) is 31.6 Å². The maximum absolute atomic E-state index is 15.0. The second kappa shape index (κ2) is 36.7. The molecule has 1 aromatic heterocycles. The van der Waals surface area contributed by atoms with Gasteiger partial charge >= 0.3 is 0 Å². The number of fused-ring (bicyclic) bond motifs is 1. The Morgan fingerprint density at radius 1 is 0.593 bits per heavy atom. The zero-order chi connectivity index (χ0) is 60.0. The van der Waals surface area contributed by atoms with Crippen LogP contribution in [0.15, 0.2) is 70.8 Å². The Hall–Kier alpha value is -6.61. The third-order valence-corrected chi connectivity index (χ3v) is 15.7. The van der Waals surface area contributed by atoms with Gasteiger partial charge < -0.3 is 55.3 Å². The van der Waals surface area contributed by atoms with E-state index in [1.807, 2.05) is 88.5 Å². The van der Waals surface area contributed by atoms with Crippen molar-refractivity contribution in [2.24, 2.45) is 85.8 Å². The molecule has 3 rings (SSSR count). The van der Waals surface area contributed by atoms with E-state index in [9.17, 15) is 33.6 Å². The monoisotopic (exact) mass is 1140 g/mol. The second-order valence-corrected chi connectivity index (χ2v) is 23.1. The summed E-state index contributed by atoms with van der Waals surface area (Å²) >= 11 is 1.49. The number of Topliss-reactive ketones (excluding diaryl/α,β-unsaturated/α-hetero) is 4. The van der Waals surface area contributed by atoms with Gasteiger partial charge in [0.05, 0.1) is 18.1 Å². The lowest BCUT2D eigenvalue weighted by Crippen LogP contribution is -2.49. The highest BCUT2D eigenvalue weighted by atomic mass is 32.2. The zero-order valence-corrected chi connectivity index (χ0v) is 49.5. The first-order valence-electron chi connectivity index (χ1n) is 28.8. The summed E-state index contributed by atoms with van der Waals surface area (Å²) in [5, 5.41) is 9.78. The number of nitrogens with one attached hydrogen (secondary N) is 4. The first kappa shape index (κ1) is 68.7. The van der Waals surface area contributed by atoms with Gasteiger partial charge in [-0.05, 0) is 105 Å². The normalized spacial score (nSPS) is 14.7. The molecule has 1 heterocycles. The summed E-state index contributed by atoms with van der Waals surface area (Å²) in [5.74, 6) is -7.00. The van der Waals surface area contributed by atoms with Crippen molar-refractivity contribution in [3.8, 4) is 0 Å². The van der Waals surface area contributed by atoms with Crippen molar-refractivity contribution in [1.82, 2.24) is 20.9 Å². The number of carbonyl (C=O) groups is 8. The van der Waals surface area contributed by atoms with Gasteiger partial charge in [-0.3, -0.25) is 48.3 Å². The molecule has 9 atom stereocenters. The van der Waals surface area contributed by atoms with Gasteiger partial charge in [-0.15, -0.1) is 0 Å². The van der Waals surface area contributed by atoms with Crippen LogP contribution in [-0.4, -0.2) is 113 Å². The number of hydrogen-bond acceptors (Lipinski definition) is 12. The topological polar surface area (TPSA) is 369 Å². The van der Waals surface area contributed by atoms with Crippen LogP contribution in [0.2, 0.25) is 0 Å². The third kappa shape index (κ3) is 25.0. The van der Waals surface area contributed by atoms with E-state index in [0.29, 0.717) is 63.8 Å². The van der Waals surface area contributed by atoms with E-state index in [1.165, 1.54) is 11.8 Å². The Morgan fingerprint density at radius 3 is 1.70 bits per heavy atom. The first-order chi connectivity index (χ1) is 38.6. The molecule has 0 fully saturated rings. The van der Waals surface area contributed by atoms with Crippen LogP contribution in [0, 0.1) is 41.4 Å². The molecular weight excluding hydrogens is 1050 g/mol. The largest absolute Gasteiger partial charge is 0.370 e. The number of benzene rings is 2. The Bertz CT molecular complexity index is 2550. The molecule has 0 aliphatic heterocycles. The third-order valence-electron chi connectivity index (χ3n) is 15.1.